The summed E-state index contributed by atoms with van der Waals surface area (Å²) < 4.78 is 63.4. The molecule has 200 valence electrons. The summed E-state index contributed by atoms with van der Waals surface area (Å²) in [4.78, 5) is 18.3. The van der Waals surface area contributed by atoms with Gasteiger partial charge in [0, 0.05) is 22.9 Å². The number of ether oxygens (including phenoxy) is 1. The average Bonchev–Trinajstić information content (AvgIpc) is 3.30. The fraction of sp³-hybridized carbons (Fsp3) is 0.148. The molecule has 0 unspecified atom stereocenters. The number of pyridine rings is 1. The number of methoxy groups -OCH3 is 1. The lowest BCUT2D eigenvalue weighted by molar-refractivity contribution is -0.707. The van der Waals surface area contributed by atoms with Crippen LogP contribution in [0.3, 0.4) is 0 Å². The molecule has 5 aromatic rings. The molecule has 0 amide bonds. The van der Waals surface area contributed by atoms with Gasteiger partial charge in [-0.25, -0.2) is 18.7 Å². The molecule has 0 spiro atoms. The van der Waals surface area contributed by atoms with Crippen LogP contribution < -0.4 is 20.0 Å². The van der Waals surface area contributed by atoms with Crippen molar-refractivity contribution < 1.29 is 32.0 Å². The van der Waals surface area contributed by atoms with Crippen LogP contribution in [0.2, 0.25) is 4.47 Å². The van der Waals surface area contributed by atoms with Gasteiger partial charge in [0.15, 0.2) is 4.47 Å². The van der Waals surface area contributed by atoms with Crippen molar-refractivity contribution in [2.24, 2.45) is 0 Å². The van der Waals surface area contributed by atoms with Crippen molar-refractivity contribution in [2.45, 2.75) is 19.6 Å². The molecule has 2 aromatic carbocycles. The summed E-state index contributed by atoms with van der Waals surface area (Å²) >= 11 is 7.15. The molecular weight excluding hydrogens is 558 g/mol. The fourth-order valence-corrected chi connectivity index (χ4v) is 5.41. The maximum absolute atomic E-state index is 14.8. The number of aromatic nitrogens is 3. The summed E-state index contributed by atoms with van der Waals surface area (Å²) in [7, 11) is 1.28. The number of rotatable bonds is 5. The third-order valence-corrected chi connectivity index (χ3v) is 7.32. The third-order valence-electron chi connectivity index (χ3n) is 6.22. The van der Waals surface area contributed by atoms with Gasteiger partial charge in [0.05, 0.1) is 29.6 Å². The van der Waals surface area contributed by atoms with E-state index in [4.69, 9.17) is 16.3 Å². The van der Waals surface area contributed by atoms with Crippen molar-refractivity contribution in [3.05, 3.63) is 97.6 Å². The van der Waals surface area contributed by atoms with Crippen molar-refractivity contribution in [3.63, 3.8) is 0 Å². The minimum atomic E-state index is -4.71. The lowest BCUT2D eigenvalue weighted by Gasteiger charge is -2.19. The van der Waals surface area contributed by atoms with E-state index in [1.807, 2.05) is 0 Å². The molecule has 0 radical (unpaired) electrons. The van der Waals surface area contributed by atoms with Gasteiger partial charge in [-0.2, -0.15) is 17.6 Å². The topological polar surface area (TPSA) is 70.5 Å². The van der Waals surface area contributed by atoms with Crippen LogP contribution in [-0.2, 0) is 12.7 Å². The van der Waals surface area contributed by atoms with Gasteiger partial charge in [0.25, 0.3) is 5.65 Å². The van der Waals surface area contributed by atoms with E-state index >= 15 is 0 Å². The highest BCUT2D eigenvalue weighted by molar-refractivity contribution is 7.15. The molecule has 0 N–H and O–H groups in total. The second-order valence-electron chi connectivity index (χ2n) is 8.64. The van der Waals surface area contributed by atoms with Gasteiger partial charge >= 0.3 is 11.7 Å². The first-order valence-electron chi connectivity index (χ1n) is 11.4. The van der Waals surface area contributed by atoms with Gasteiger partial charge < -0.3 is 9.84 Å². The third kappa shape index (κ3) is 4.83. The first-order valence-corrected chi connectivity index (χ1v) is 12.6. The zero-order chi connectivity index (χ0) is 28.1. The lowest BCUT2D eigenvalue weighted by atomic mass is 9.97. The number of benzene rings is 2. The van der Waals surface area contributed by atoms with Gasteiger partial charge in [-0.3, -0.25) is 0 Å². The number of nitrogens with zero attached hydrogens (tertiary/aromatic N) is 3. The molecule has 0 aliphatic carbocycles. The summed E-state index contributed by atoms with van der Waals surface area (Å²) in [5.41, 5.74) is -1.27. The van der Waals surface area contributed by atoms with Crippen molar-refractivity contribution >= 4 is 28.6 Å². The van der Waals surface area contributed by atoms with E-state index in [0.29, 0.717) is 34.3 Å². The molecular formula is C27H18ClF4N3O3S. The average molecular weight is 576 g/mol. The van der Waals surface area contributed by atoms with Crippen LogP contribution >= 0.6 is 22.9 Å². The number of hydrogen-bond acceptors (Lipinski definition) is 5. The van der Waals surface area contributed by atoms with Crippen molar-refractivity contribution in [1.82, 2.24) is 9.38 Å². The second-order valence-corrected chi connectivity index (χ2v) is 10.3. The fourth-order valence-electron chi connectivity index (χ4n) is 4.45. The van der Waals surface area contributed by atoms with Gasteiger partial charge in [0.1, 0.15) is 23.7 Å². The van der Waals surface area contributed by atoms with Crippen LogP contribution in [0.1, 0.15) is 16.0 Å². The monoisotopic (exact) mass is 575 g/mol. The highest BCUT2D eigenvalue weighted by atomic mass is 35.5. The van der Waals surface area contributed by atoms with E-state index in [1.165, 1.54) is 58.0 Å². The number of hydrogen-bond donors (Lipinski definition) is 0. The highest BCUT2D eigenvalue weighted by Crippen LogP contribution is 2.39. The Hall–Kier alpha value is -3.96. The minimum absolute atomic E-state index is 0.0486. The molecule has 39 heavy (non-hydrogen) atoms. The summed E-state index contributed by atoms with van der Waals surface area (Å²) in [6.07, 6.45) is -1.67. The molecule has 0 atom stereocenters. The Morgan fingerprint density at radius 3 is 2.59 bits per heavy atom. The molecule has 0 bridgehead atoms. The zero-order valence-corrected chi connectivity index (χ0v) is 21.9. The number of thiazole rings is 1. The SMILES string of the molecule is COc1ccc(-c2c([O-])[n+](Cc3cnc(Cl)s3)c3c(C)cccn3c2=O)cc1-c1cc(C(F)(F)F)ccc1F. The maximum Gasteiger partial charge on any atom is 0.416 e. The Balaban J connectivity index is 1.78. The summed E-state index contributed by atoms with van der Waals surface area (Å²) in [6.45, 7) is 1.82. The van der Waals surface area contributed by atoms with Gasteiger partial charge in [-0.1, -0.05) is 17.7 Å². The van der Waals surface area contributed by atoms with Crippen LogP contribution in [-0.4, -0.2) is 16.5 Å². The van der Waals surface area contributed by atoms with Crippen LogP contribution in [0.5, 0.6) is 11.6 Å². The van der Waals surface area contributed by atoms with E-state index in [1.54, 1.807) is 19.1 Å². The molecule has 3 heterocycles. The van der Waals surface area contributed by atoms with E-state index in [2.05, 4.69) is 4.98 Å². The highest BCUT2D eigenvalue weighted by Gasteiger charge is 2.32. The smallest absolute Gasteiger partial charge is 0.416 e. The van der Waals surface area contributed by atoms with Crippen LogP contribution in [0.25, 0.3) is 27.9 Å². The van der Waals surface area contributed by atoms with Gasteiger partial charge in [-0.05, 0) is 55.0 Å². The van der Waals surface area contributed by atoms with Crippen molar-refractivity contribution in [2.75, 3.05) is 7.11 Å². The molecule has 0 aliphatic rings. The summed E-state index contributed by atoms with van der Waals surface area (Å²) in [6, 6.07) is 9.52. The molecule has 0 fully saturated rings. The Morgan fingerprint density at radius 2 is 1.92 bits per heavy atom. The molecule has 0 aliphatic heterocycles. The van der Waals surface area contributed by atoms with Crippen LogP contribution in [0, 0.1) is 12.7 Å². The first kappa shape index (κ1) is 26.6. The quantitative estimate of drug-likeness (QED) is 0.201. The predicted molar refractivity (Wildman–Crippen MR) is 137 cm³/mol. The number of fused-ring (bicyclic) bond motifs is 1. The Labute approximate surface area is 228 Å². The molecule has 12 heteroatoms. The van der Waals surface area contributed by atoms with E-state index in [0.717, 1.165) is 0 Å². The molecule has 0 saturated carbocycles. The Morgan fingerprint density at radius 1 is 1.15 bits per heavy atom. The standard InChI is InChI=1S/C27H18ClF4N3O3S/c1-14-4-3-9-34-23(14)35(13-17-12-33-26(28)39-17)25(37)22(24(34)36)15-5-8-21(38-2)19(10-15)18-11-16(27(30,31)32)6-7-20(18)29/h3-12H,13H2,1-2H3. The van der Waals surface area contributed by atoms with Crippen molar-refractivity contribution in [1.29, 1.82) is 0 Å². The van der Waals surface area contributed by atoms with Gasteiger partial charge in [0.2, 0.25) is 0 Å². The number of alkyl halides is 3. The normalized spacial score (nSPS) is 11.8. The van der Waals surface area contributed by atoms with Crippen molar-refractivity contribution in [3.8, 4) is 33.9 Å². The molecule has 0 saturated heterocycles. The van der Waals surface area contributed by atoms with Crippen LogP contribution in [0.4, 0.5) is 17.6 Å². The van der Waals surface area contributed by atoms with Crippen LogP contribution in [0.15, 0.2) is 65.7 Å². The van der Waals surface area contributed by atoms with Gasteiger partial charge in [-0.15, -0.1) is 11.3 Å². The second kappa shape index (κ2) is 9.97. The molecule has 5 rings (SSSR count). The Kier molecular flexibility index (Phi) is 6.81. The summed E-state index contributed by atoms with van der Waals surface area (Å²) in [5, 5.41) is 13.9. The maximum atomic E-state index is 14.8. The number of halogens is 5. The van der Waals surface area contributed by atoms with E-state index in [-0.39, 0.29) is 39.0 Å². The summed E-state index contributed by atoms with van der Waals surface area (Å²) in [5.74, 6) is -1.50. The zero-order valence-electron chi connectivity index (χ0n) is 20.3. The molecule has 3 aromatic heterocycles. The number of aryl methyl sites for hydroxylation is 1. The predicted octanol–water partition coefficient (Wildman–Crippen LogP) is 5.63. The van der Waals surface area contributed by atoms with E-state index < -0.39 is 29.0 Å². The molecule has 6 nitrogen and oxygen atoms in total. The lowest BCUT2D eigenvalue weighted by Crippen LogP contribution is -2.44. The largest absolute Gasteiger partial charge is 0.842 e. The van der Waals surface area contributed by atoms with E-state index in [9.17, 15) is 27.5 Å². The first-order chi connectivity index (χ1) is 18.5. The minimum Gasteiger partial charge on any atom is -0.842 e. The Bertz CT molecular complexity index is 1800.